The number of benzene rings is 2. The number of hydrogen-bond acceptors (Lipinski definition) is 6. The minimum absolute atomic E-state index is 0.0587. The number of anilines is 1. The van der Waals surface area contributed by atoms with Crippen LogP contribution in [0.2, 0.25) is 18.1 Å². The van der Waals surface area contributed by atoms with Crippen LogP contribution in [-0.4, -0.2) is 59.4 Å². The lowest BCUT2D eigenvalue weighted by Crippen LogP contribution is -2.60. The molecule has 0 saturated carbocycles. The van der Waals surface area contributed by atoms with Crippen LogP contribution >= 0.6 is 0 Å². The van der Waals surface area contributed by atoms with E-state index in [9.17, 15) is 9.59 Å². The first kappa shape index (κ1) is 32.9. The summed E-state index contributed by atoms with van der Waals surface area (Å²) in [5, 5.41) is 3.25. The molecule has 8 nitrogen and oxygen atoms in total. The van der Waals surface area contributed by atoms with Crippen LogP contribution in [0.5, 0.6) is 5.75 Å². The smallest absolute Gasteiger partial charge is 0.251 e. The predicted octanol–water partition coefficient (Wildman–Crippen LogP) is 6.78. The molecule has 0 radical (unpaired) electrons. The van der Waals surface area contributed by atoms with Gasteiger partial charge in [-0.1, -0.05) is 51.1 Å². The van der Waals surface area contributed by atoms with Crippen molar-refractivity contribution in [2.24, 2.45) is 0 Å². The Balaban J connectivity index is 1.83. The number of carbonyl (C=O) groups excluding carboxylic acids is 2. The lowest BCUT2D eigenvalue weighted by molar-refractivity contribution is -0.120. The van der Waals surface area contributed by atoms with Crippen molar-refractivity contribution >= 4 is 25.8 Å². The zero-order chi connectivity index (χ0) is 31.0. The average Bonchev–Trinajstić information content (AvgIpc) is 2.97. The minimum atomic E-state index is -2.36. The van der Waals surface area contributed by atoms with Crippen molar-refractivity contribution < 1.29 is 28.2 Å². The van der Waals surface area contributed by atoms with E-state index in [4.69, 9.17) is 18.6 Å². The van der Waals surface area contributed by atoms with Crippen molar-refractivity contribution in [3.05, 3.63) is 71.8 Å². The molecule has 234 valence electrons. The highest BCUT2D eigenvalue weighted by Crippen LogP contribution is 2.46. The number of hydrogen-bond donors (Lipinski definition) is 1. The molecule has 3 atom stereocenters. The molecule has 9 heteroatoms. The molecular formula is C34H48N2O6Si. The summed E-state index contributed by atoms with van der Waals surface area (Å²) in [5.74, 6) is 0.479. The van der Waals surface area contributed by atoms with E-state index in [0.717, 1.165) is 30.5 Å². The molecule has 0 bridgehead atoms. The van der Waals surface area contributed by atoms with Crippen LogP contribution in [0.1, 0.15) is 74.8 Å². The normalized spacial score (nSPS) is 21.9. The van der Waals surface area contributed by atoms with Crippen molar-refractivity contribution in [1.82, 2.24) is 5.32 Å². The van der Waals surface area contributed by atoms with Crippen molar-refractivity contribution in [2.75, 3.05) is 32.0 Å². The standard InChI is InChI=1S/C34H48N2O6Si/c1-34(2,3)43(5,6)42-32-29-17-13-8-7-9-14-18-30(37)36(29)28-20-19-26(41-24-40-22-21-39-4)23-27(28)31(32)35-33(38)25-15-11-10-12-16-25/h8,10-13,15-16,19-20,23,29,31-32H,7,9,14,17-18,21-22,24H2,1-6H3,(H,35,38)/b13-8+/t29-,31-,32-/m0/s1. The molecule has 0 aromatic heterocycles. The molecule has 2 aliphatic heterocycles. The molecule has 2 aromatic rings. The maximum atomic E-state index is 14.0. The Labute approximate surface area is 257 Å². The van der Waals surface area contributed by atoms with Crippen LogP contribution in [0.15, 0.2) is 60.7 Å². The fraction of sp³-hybridized carbons (Fsp3) is 0.529. The second-order valence-electron chi connectivity index (χ2n) is 12.8. The Morgan fingerprint density at radius 1 is 1.05 bits per heavy atom. The van der Waals surface area contributed by atoms with Crippen LogP contribution in [0, 0.1) is 0 Å². The lowest BCUT2D eigenvalue weighted by Gasteiger charge is -2.50. The molecule has 0 fully saturated rings. The van der Waals surface area contributed by atoms with Crippen molar-refractivity contribution in [2.45, 2.75) is 89.2 Å². The van der Waals surface area contributed by atoms with Crippen LogP contribution in [0.3, 0.4) is 0 Å². The molecular weight excluding hydrogens is 560 g/mol. The average molecular weight is 609 g/mol. The largest absolute Gasteiger partial charge is 0.468 e. The van der Waals surface area contributed by atoms with E-state index in [1.54, 1.807) is 7.11 Å². The van der Waals surface area contributed by atoms with E-state index in [1.807, 2.05) is 53.4 Å². The SMILES string of the molecule is COCCOCOc1ccc2c(c1)[C@H](NC(=O)c1ccccc1)[C@@H](O[Si](C)(C)C(C)(C)C)[C@@H]1C/C=C/CCCCC(=O)N21. The summed E-state index contributed by atoms with van der Waals surface area (Å²) in [7, 11) is -0.736. The first-order chi connectivity index (χ1) is 20.5. The summed E-state index contributed by atoms with van der Waals surface area (Å²) in [6.45, 7) is 12.0. The third-order valence-corrected chi connectivity index (χ3v) is 13.2. The van der Waals surface area contributed by atoms with Crippen LogP contribution in [-0.2, 0) is 18.7 Å². The highest BCUT2D eigenvalue weighted by molar-refractivity contribution is 6.74. The van der Waals surface area contributed by atoms with E-state index in [-0.39, 0.29) is 29.7 Å². The number of nitrogens with zero attached hydrogens (tertiary/aromatic N) is 1. The molecule has 2 heterocycles. The van der Waals surface area contributed by atoms with E-state index in [1.165, 1.54) is 0 Å². The summed E-state index contributed by atoms with van der Waals surface area (Å²) in [6, 6.07) is 14.1. The number of allylic oxidation sites excluding steroid dienone is 1. The van der Waals surface area contributed by atoms with E-state index < -0.39 is 20.5 Å². The van der Waals surface area contributed by atoms with E-state index >= 15 is 0 Å². The number of amides is 2. The molecule has 2 aliphatic rings. The van der Waals surface area contributed by atoms with E-state index in [0.29, 0.717) is 37.4 Å². The maximum Gasteiger partial charge on any atom is 0.251 e. The molecule has 0 spiro atoms. The van der Waals surface area contributed by atoms with Crippen molar-refractivity contribution in [3.8, 4) is 5.75 Å². The summed E-state index contributed by atoms with van der Waals surface area (Å²) >= 11 is 0. The van der Waals surface area contributed by atoms with E-state index in [2.05, 4.69) is 51.3 Å². The minimum Gasteiger partial charge on any atom is -0.468 e. The van der Waals surface area contributed by atoms with Gasteiger partial charge in [-0.2, -0.15) is 0 Å². The van der Waals surface area contributed by atoms with Gasteiger partial charge in [-0.15, -0.1) is 0 Å². The first-order valence-corrected chi connectivity index (χ1v) is 18.3. The van der Waals surface area contributed by atoms with Gasteiger partial charge in [-0.05, 0) is 74.1 Å². The molecule has 0 saturated heterocycles. The Morgan fingerprint density at radius 3 is 2.53 bits per heavy atom. The molecule has 4 rings (SSSR count). The zero-order valence-corrected chi connectivity index (χ0v) is 27.6. The molecule has 43 heavy (non-hydrogen) atoms. The van der Waals surface area contributed by atoms with Crippen LogP contribution in [0.4, 0.5) is 5.69 Å². The number of carbonyl (C=O) groups is 2. The number of fused-ring (bicyclic) bond motifs is 3. The van der Waals surface area contributed by atoms with Crippen LogP contribution < -0.4 is 15.0 Å². The third kappa shape index (κ3) is 8.15. The fourth-order valence-electron chi connectivity index (χ4n) is 5.34. The van der Waals surface area contributed by atoms with Crippen molar-refractivity contribution in [1.29, 1.82) is 0 Å². The van der Waals surface area contributed by atoms with Gasteiger partial charge in [0, 0.05) is 30.3 Å². The zero-order valence-electron chi connectivity index (χ0n) is 26.6. The van der Waals surface area contributed by atoms with Gasteiger partial charge >= 0.3 is 0 Å². The molecule has 1 N–H and O–H groups in total. The highest BCUT2D eigenvalue weighted by atomic mass is 28.4. The van der Waals surface area contributed by atoms with Gasteiger partial charge in [0.25, 0.3) is 5.91 Å². The first-order valence-electron chi connectivity index (χ1n) is 15.4. The molecule has 2 amide bonds. The number of ether oxygens (including phenoxy) is 3. The topological polar surface area (TPSA) is 86.3 Å². The fourth-order valence-corrected chi connectivity index (χ4v) is 6.66. The Morgan fingerprint density at radius 2 is 1.81 bits per heavy atom. The van der Waals surface area contributed by atoms with Gasteiger partial charge in [-0.25, -0.2) is 0 Å². The number of nitrogens with one attached hydrogen (secondary N) is 1. The molecule has 0 unspecified atom stereocenters. The van der Waals surface area contributed by atoms with Gasteiger partial charge in [0.1, 0.15) is 5.75 Å². The Hall–Kier alpha value is -2.98. The summed E-state index contributed by atoms with van der Waals surface area (Å²) < 4.78 is 23.8. The highest BCUT2D eigenvalue weighted by Gasteiger charge is 2.49. The summed E-state index contributed by atoms with van der Waals surface area (Å²) in [4.78, 5) is 29.6. The van der Waals surface area contributed by atoms with Gasteiger partial charge in [0.15, 0.2) is 15.1 Å². The van der Waals surface area contributed by atoms with Gasteiger partial charge in [0.05, 0.1) is 31.4 Å². The molecule has 2 aromatic carbocycles. The number of methoxy groups -OCH3 is 1. The lowest BCUT2D eigenvalue weighted by atomic mass is 9.85. The third-order valence-electron chi connectivity index (χ3n) is 8.76. The number of rotatable bonds is 10. The Bertz CT molecular complexity index is 1260. The second-order valence-corrected chi connectivity index (χ2v) is 17.6. The summed E-state index contributed by atoms with van der Waals surface area (Å²) in [5.41, 5.74) is 2.15. The molecule has 0 aliphatic carbocycles. The van der Waals surface area contributed by atoms with Gasteiger partial charge in [-0.3, -0.25) is 9.59 Å². The monoisotopic (exact) mass is 608 g/mol. The Kier molecular flexibility index (Phi) is 11.2. The van der Waals surface area contributed by atoms with Gasteiger partial charge in [0.2, 0.25) is 5.91 Å². The second kappa shape index (κ2) is 14.7. The maximum absolute atomic E-state index is 14.0. The van der Waals surface area contributed by atoms with Crippen molar-refractivity contribution in [3.63, 3.8) is 0 Å². The van der Waals surface area contributed by atoms with Crippen LogP contribution in [0.25, 0.3) is 0 Å². The van der Waals surface area contributed by atoms with Gasteiger partial charge < -0.3 is 28.9 Å². The summed E-state index contributed by atoms with van der Waals surface area (Å²) in [6.07, 6.45) is 7.76. The predicted molar refractivity (Wildman–Crippen MR) is 172 cm³/mol. The quantitative estimate of drug-likeness (QED) is 0.138.